The Morgan fingerprint density at radius 1 is 1.27 bits per heavy atom. The van der Waals surface area contributed by atoms with E-state index >= 15 is 0 Å². The predicted molar refractivity (Wildman–Crippen MR) is 99.2 cm³/mol. The molecule has 3 rings (SSSR count). The number of benzene rings is 2. The fourth-order valence-electron chi connectivity index (χ4n) is 2.83. The van der Waals surface area contributed by atoms with Gasteiger partial charge in [0.2, 0.25) is 5.75 Å². The van der Waals surface area contributed by atoms with E-state index in [9.17, 15) is 10.1 Å². The topological polar surface area (TPSA) is 77.2 Å². The van der Waals surface area contributed by atoms with Crippen molar-refractivity contribution in [1.29, 1.82) is 0 Å². The molecular formula is C19H21N3O4. The van der Waals surface area contributed by atoms with E-state index in [0.717, 1.165) is 23.5 Å². The molecule has 0 fully saturated rings. The molecule has 0 radical (unpaired) electrons. The maximum Gasteiger partial charge on any atom is 0.315 e. The van der Waals surface area contributed by atoms with Crippen molar-refractivity contribution in [2.45, 2.75) is 13.5 Å². The van der Waals surface area contributed by atoms with Crippen molar-refractivity contribution < 1.29 is 14.4 Å². The number of nitrogens with zero attached hydrogens (tertiary/aromatic N) is 3. The first-order valence-electron chi connectivity index (χ1n) is 8.30. The number of likely N-dealkylation sites (N-methyl/N-ethyl adjacent to an activating group) is 1. The Balaban J connectivity index is 1.95. The number of hydrogen-bond acceptors (Lipinski definition) is 6. The van der Waals surface area contributed by atoms with Crippen molar-refractivity contribution >= 4 is 11.5 Å². The summed E-state index contributed by atoms with van der Waals surface area (Å²) in [6.07, 6.45) is 0. The van der Waals surface area contributed by atoms with Gasteiger partial charge in [0.15, 0.2) is 5.75 Å². The van der Waals surface area contributed by atoms with Crippen molar-refractivity contribution in [3.05, 3.63) is 63.2 Å². The van der Waals surface area contributed by atoms with E-state index in [1.807, 2.05) is 43.1 Å². The second kappa shape index (κ2) is 7.43. The third kappa shape index (κ3) is 3.61. The van der Waals surface area contributed by atoms with Crippen LogP contribution in [0.2, 0.25) is 0 Å². The Hall–Kier alpha value is -3.09. The molecule has 7 nitrogen and oxygen atoms in total. The standard InChI is InChI=1S/C19H21N3O4/c1-13-4-6-14(7-5-13)12-26-18-16(22(23)24)10-15(11-17(18)25-3)19-20-8-9-21(19)2/h4-7,10-11H,8-9,12H2,1-3H3. The van der Waals surface area contributed by atoms with Gasteiger partial charge in [-0.25, -0.2) is 0 Å². The molecule has 0 saturated heterocycles. The zero-order valence-electron chi connectivity index (χ0n) is 15.1. The molecule has 0 atom stereocenters. The number of methoxy groups -OCH3 is 1. The first-order valence-corrected chi connectivity index (χ1v) is 8.30. The van der Waals surface area contributed by atoms with Gasteiger partial charge in [-0.2, -0.15) is 0 Å². The van der Waals surface area contributed by atoms with Gasteiger partial charge in [0.05, 0.1) is 18.6 Å². The molecular weight excluding hydrogens is 334 g/mol. The molecule has 0 saturated carbocycles. The molecule has 0 aromatic heterocycles. The SMILES string of the molecule is COc1cc(C2=NCCN2C)cc([N+](=O)[O-])c1OCc1ccc(C)cc1. The van der Waals surface area contributed by atoms with Gasteiger partial charge in [-0.15, -0.1) is 0 Å². The second-order valence-corrected chi connectivity index (χ2v) is 6.19. The van der Waals surface area contributed by atoms with Crippen LogP contribution in [0, 0.1) is 17.0 Å². The maximum atomic E-state index is 11.6. The average Bonchev–Trinajstić information content (AvgIpc) is 3.06. The normalized spacial score (nSPS) is 13.5. The molecule has 2 aromatic rings. The molecule has 0 bridgehead atoms. The Kier molecular flexibility index (Phi) is 5.06. The first-order chi connectivity index (χ1) is 12.5. The third-order valence-corrected chi connectivity index (χ3v) is 4.27. The lowest BCUT2D eigenvalue weighted by atomic mass is 10.1. The lowest BCUT2D eigenvalue weighted by Gasteiger charge is -2.16. The van der Waals surface area contributed by atoms with Crippen molar-refractivity contribution in [2.75, 3.05) is 27.2 Å². The van der Waals surface area contributed by atoms with Crippen molar-refractivity contribution in [3.63, 3.8) is 0 Å². The summed E-state index contributed by atoms with van der Waals surface area (Å²) < 4.78 is 11.1. The van der Waals surface area contributed by atoms with Crippen LogP contribution < -0.4 is 9.47 Å². The molecule has 7 heteroatoms. The fourth-order valence-corrected chi connectivity index (χ4v) is 2.83. The molecule has 2 aromatic carbocycles. The highest BCUT2D eigenvalue weighted by molar-refractivity contribution is 6.01. The molecule has 0 aliphatic carbocycles. The molecule has 1 aliphatic rings. The fraction of sp³-hybridized carbons (Fsp3) is 0.316. The molecule has 26 heavy (non-hydrogen) atoms. The minimum atomic E-state index is -0.452. The van der Waals surface area contributed by atoms with Gasteiger partial charge in [0, 0.05) is 25.2 Å². The van der Waals surface area contributed by atoms with Crippen LogP contribution in [0.1, 0.15) is 16.7 Å². The monoisotopic (exact) mass is 355 g/mol. The van der Waals surface area contributed by atoms with Gasteiger partial charge in [0.25, 0.3) is 0 Å². The number of nitro benzene ring substituents is 1. The van der Waals surface area contributed by atoms with Gasteiger partial charge < -0.3 is 14.4 Å². The molecule has 0 N–H and O–H groups in total. The zero-order valence-corrected chi connectivity index (χ0v) is 15.1. The van der Waals surface area contributed by atoms with Gasteiger partial charge in [-0.05, 0) is 18.6 Å². The van der Waals surface area contributed by atoms with Crippen LogP contribution >= 0.6 is 0 Å². The highest BCUT2D eigenvalue weighted by Crippen LogP contribution is 2.39. The molecule has 0 spiro atoms. The number of ether oxygens (including phenoxy) is 2. The molecule has 0 unspecified atom stereocenters. The molecule has 1 heterocycles. The van der Waals surface area contributed by atoms with Gasteiger partial charge in [-0.1, -0.05) is 29.8 Å². The summed E-state index contributed by atoms with van der Waals surface area (Å²) in [7, 11) is 3.38. The van der Waals surface area contributed by atoms with Gasteiger partial charge in [-0.3, -0.25) is 15.1 Å². The van der Waals surface area contributed by atoms with E-state index in [1.54, 1.807) is 6.07 Å². The van der Waals surface area contributed by atoms with Gasteiger partial charge in [0.1, 0.15) is 12.4 Å². The summed E-state index contributed by atoms with van der Waals surface area (Å²) >= 11 is 0. The Labute approximate surface area is 152 Å². The average molecular weight is 355 g/mol. The van der Waals surface area contributed by atoms with E-state index in [0.29, 0.717) is 17.9 Å². The number of nitro groups is 1. The quantitative estimate of drug-likeness (QED) is 0.587. The summed E-state index contributed by atoms with van der Waals surface area (Å²) in [6.45, 7) is 3.68. The van der Waals surface area contributed by atoms with Crippen LogP contribution in [-0.4, -0.2) is 42.9 Å². The first kappa shape index (κ1) is 17.7. The largest absolute Gasteiger partial charge is 0.493 e. The number of amidine groups is 1. The number of hydrogen-bond donors (Lipinski definition) is 0. The van der Waals surface area contributed by atoms with Crippen LogP contribution in [0.3, 0.4) is 0 Å². The smallest absolute Gasteiger partial charge is 0.315 e. The number of aryl methyl sites for hydroxylation is 1. The number of rotatable bonds is 6. The van der Waals surface area contributed by atoms with Crippen LogP contribution in [0.15, 0.2) is 41.4 Å². The van der Waals surface area contributed by atoms with E-state index in [2.05, 4.69) is 4.99 Å². The van der Waals surface area contributed by atoms with Crippen LogP contribution in [0.25, 0.3) is 0 Å². The summed E-state index contributed by atoms with van der Waals surface area (Å²) in [6, 6.07) is 11.0. The summed E-state index contributed by atoms with van der Waals surface area (Å²) in [5.74, 6) is 1.17. The Morgan fingerprint density at radius 2 is 2.00 bits per heavy atom. The van der Waals surface area contributed by atoms with E-state index in [4.69, 9.17) is 9.47 Å². The van der Waals surface area contributed by atoms with Crippen LogP contribution in [0.4, 0.5) is 5.69 Å². The minimum Gasteiger partial charge on any atom is -0.493 e. The lowest BCUT2D eigenvalue weighted by molar-refractivity contribution is -0.386. The highest BCUT2D eigenvalue weighted by Gasteiger charge is 2.26. The Bertz CT molecular complexity index is 847. The summed E-state index contributed by atoms with van der Waals surface area (Å²) in [5, 5.41) is 11.6. The molecule has 0 amide bonds. The summed E-state index contributed by atoms with van der Waals surface area (Å²) in [4.78, 5) is 17.5. The number of aliphatic imine (C=N–C) groups is 1. The minimum absolute atomic E-state index is 0.128. The maximum absolute atomic E-state index is 11.6. The predicted octanol–water partition coefficient (Wildman–Crippen LogP) is 3.18. The Morgan fingerprint density at radius 3 is 2.58 bits per heavy atom. The molecule has 136 valence electrons. The second-order valence-electron chi connectivity index (χ2n) is 6.19. The lowest BCUT2D eigenvalue weighted by Crippen LogP contribution is -2.23. The van der Waals surface area contributed by atoms with E-state index in [-0.39, 0.29) is 18.0 Å². The summed E-state index contributed by atoms with van der Waals surface area (Å²) in [5.41, 5.74) is 2.59. The van der Waals surface area contributed by atoms with E-state index < -0.39 is 4.92 Å². The van der Waals surface area contributed by atoms with Gasteiger partial charge >= 0.3 is 5.69 Å². The molecule has 1 aliphatic heterocycles. The van der Waals surface area contributed by atoms with E-state index in [1.165, 1.54) is 13.2 Å². The van der Waals surface area contributed by atoms with Crippen molar-refractivity contribution in [3.8, 4) is 11.5 Å². The van der Waals surface area contributed by atoms with Crippen molar-refractivity contribution in [1.82, 2.24) is 4.90 Å². The van der Waals surface area contributed by atoms with Crippen molar-refractivity contribution in [2.24, 2.45) is 4.99 Å². The zero-order chi connectivity index (χ0) is 18.7. The highest BCUT2D eigenvalue weighted by atomic mass is 16.6. The van der Waals surface area contributed by atoms with Crippen LogP contribution in [-0.2, 0) is 6.61 Å². The third-order valence-electron chi connectivity index (χ3n) is 4.27. The van der Waals surface area contributed by atoms with Crippen LogP contribution in [0.5, 0.6) is 11.5 Å².